The number of hydrogen-bond donors (Lipinski definition) is 1. The van der Waals surface area contributed by atoms with Crippen molar-refractivity contribution in [3.63, 3.8) is 0 Å². The van der Waals surface area contributed by atoms with Crippen LogP contribution in [0.15, 0.2) is 30.3 Å². The number of carbonyl (C=O) groups is 1. The Hall–Kier alpha value is -1.55. The summed E-state index contributed by atoms with van der Waals surface area (Å²) in [5, 5.41) is 3.06. The average Bonchev–Trinajstić information content (AvgIpc) is 2.45. The van der Waals surface area contributed by atoms with Gasteiger partial charge in [-0.15, -0.1) is 0 Å². The van der Waals surface area contributed by atoms with Gasteiger partial charge in [0.2, 0.25) is 0 Å². The molecule has 1 aromatic rings. The van der Waals surface area contributed by atoms with Gasteiger partial charge in [-0.25, -0.2) is 4.79 Å². The van der Waals surface area contributed by atoms with E-state index in [1.165, 1.54) is 5.56 Å². The molecular weight excluding hydrogens is 252 g/mol. The lowest BCUT2D eigenvalue weighted by Gasteiger charge is -2.34. The Kier molecular flexibility index (Phi) is 6.02. The van der Waals surface area contributed by atoms with Gasteiger partial charge in [-0.1, -0.05) is 44.2 Å². The van der Waals surface area contributed by atoms with Crippen LogP contribution in [0.5, 0.6) is 0 Å². The van der Waals surface area contributed by atoms with E-state index in [2.05, 4.69) is 31.3 Å². The monoisotopic (exact) mass is 278 g/mol. The van der Waals surface area contributed by atoms with Crippen molar-refractivity contribution < 1.29 is 9.53 Å². The van der Waals surface area contributed by atoms with Gasteiger partial charge in [0.25, 0.3) is 0 Å². The molecule has 1 rings (SSSR count). The van der Waals surface area contributed by atoms with E-state index in [1.807, 2.05) is 25.1 Å². The minimum atomic E-state index is -0.126. The molecule has 0 aliphatic carbocycles. The smallest absolute Gasteiger partial charge is 0.317 e. The fraction of sp³-hybridized carbons (Fsp3) is 0.562. The zero-order valence-electron chi connectivity index (χ0n) is 13.1. The van der Waals surface area contributed by atoms with E-state index in [1.54, 1.807) is 19.1 Å². The van der Waals surface area contributed by atoms with Gasteiger partial charge in [-0.05, 0) is 12.5 Å². The van der Waals surface area contributed by atoms with Crippen LogP contribution in [-0.4, -0.2) is 44.3 Å². The first-order chi connectivity index (χ1) is 9.39. The SMILES string of the molecule is COCCN(C)C(=O)N[C@H](C)C(C)(C)c1ccccc1. The van der Waals surface area contributed by atoms with Crippen LogP contribution < -0.4 is 5.32 Å². The summed E-state index contributed by atoms with van der Waals surface area (Å²) >= 11 is 0. The second kappa shape index (κ2) is 7.29. The first-order valence-corrected chi connectivity index (χ1v) is 6.95. The summed E-state index contributed by atoms with van der Waals surface area (Å²) in [6, 6.07) is 10.2. The number of rotatable bonds is 6. The van der Waals surface area contributed by atoms with Gasteiger partial charge >= 0.3 is 6.03 Å². The fourth-order valence-electron chi connectivity index (χ4n) is 1.92. The summed E-state index contributed by atoms with van der Waals surface area (Å²) in [5.74, 6) is 0. The van der Waals surface area contributed by atoms with Crippen LogP contribution in [0.25, 0.3) is 0 Å². The van der Waals surface area contributed by atoms with Crippen molar-refractivity contribution >= 4 is 6.03 Å². The van der Waals surface area contributed by atoms with Crippen molar-refractivity contribution in [2.75, 3.05) is 27.3 Å². The molecule has 0 fully saturated rings. The van der Waals surface area contributed by atoms with Crippen LogP contribution in [0.3, 0.4) is 0 Å². The molecule has 4 heteroatoms. The number of hydrogen-bond acceptors (Lipinski definition) is 2. The Morgan fingerprint density at radius 3 is 2.50 bits per heavy atom. The van der Waals surface area contributed by atoms with Crippen LogP contribution in [0, 0.1) is 0 Å². The number of nitrogens with zero attached hydrogens (tertiary/aromatic N) is 1. The number of methoxy groups -OCH3 is 1. The molecule has 0 heterocycles. The highest BCUT2D eigenvalue weighted by Gasteiger charge is 2.29. The van der Waals surface area contributed by atoms with E-state index in [0.29, 0.717) is 13.2 Å². The Bertz CT molecular complexity index is 418. The molecule has 0 radical (unpaired) electrons. The maximum absolute atomic E-state index is 12.1. The highest BCUT2D eigenvalue weighted by molar-refractivity contribution is 5.74. The molecule has 0 bridgehead atoms. The quantitative estimate of drug-likeness (QED) is 0.869. The summed E-state index contributed by atoms with van der Waals surface area (Å²) in [4.78, 5) is 13.7. The molecular formula is C16H26N2O2. The van der Waals surface area contributed by atoms with Gasteiger partial charge in [-0.3, -0.25) is 0 Å². The van der Waals surface area contributed by atoms with Crippen LogP contribution in [0.4, 0.5) is 4.79 Å². The fourth-order valence-corrected chi connectivity index (χ4v) is 1.92. The Labute approximate surface area is 122 Å². The van der Waals surface area contributed by atoms with E-state index in [9.17, 15) is 4.79 Å². The molecule has 0 aliphatic heterocycles. The molecule has 0 spiro atoms. The summed E-state index contributed by atoms with van der Waals surface area (Å²) in [7, 11) is 3.41. The molecule has 0 saturated heterocycles. The zero-order chi connectivity index (χ0) is 15.2. The number of ether oxygens (including phenoxy) is 1. The summed E-state index contributed by atoms with van der Waals surface area (Å²) < 4.78 is 4.98. The van der Waals surface area contributed by atoms with Crippen LogP contribution in [0.2, 0.25) is 0 Å². The first-order valence-electron chi connectivity index (χ1n) is 6.95. The van der Waals surface area contributed by atoms with Crippen molar-refractivity contribution in [2.24, 2.45) is 0 Å². The number of likely N-dealkylation sites (N-methyl/N-ethyl adjacent to an activating group) is 1. The third kappa shape index (κ3) is 4.23. The summed E-state index contributed by atoms with van der Waals surface area (Å²) in [6.45, 7) is 7.45. The minimum Gasteiger partial charge on any atom is -0.383 e. The number of amides is 2. The average molecular weight is 278 g/mol. The van der Waals surface area contributed by atoms with E-state index in [0.717, 1.165) is 0 Å². The molecule has 4 nitrogen and oxygen atoms in total. The maximum atomic E-state index is 12.1. The van der Waals surface area contributed by atoms with Crippen molar-refractivity contribution in [3.8, 4) is 0 Å². The molecule has 112 valence electrons. The van der Waals surface area contributed by atoms with E-state index in [4.69, 9.17) is 4.74 Å². The lowest BCUT2D eigenvalue weighted by atomic mass is 9.78. The lowest BCUT2D eigenvalue weighted by Crippen LogP contribution is -2.50. The van der Waals surface area contributed by atoms with Crippen molar-refractivity contribution in [1.82, 2.24) is 10.2 Å². The van der Waals surface area contributed by atoms with E-state index in [-0.39, 0.29) is 17.5 Å². The second-order valence-electron chi connectivity index (χ2n) is 5.67. The highest BCUT2D eigenvalue weighted by Crippen LogP contribution is 2.26. The van der Waals surface area contributed by atoms with E-state index >= 15 is 0 Å². The van der Waals surface area contributed by atoms with Gasteiger partial charge in [0.1, 0.15) is 0 Å². The van der Waals surface area contributed by atoms with Gasteiger partial charge in [0.05, 0.1) is 6.61 Å². The number of nitrogens with one attached hydrogen (secondary N) is 1. The lowest BCUT2D eigenvalue weighted by molar-refractivity contribution is 0.156. The largest absolute Gasteiger partial charge is 0.383 e. The Balaban J connectivity index is 2.65. The molecule has 2 amide bonds. The molecule has 0 saturated carbocycles. The standard InChI is InChI=1S/C16H26N2O2/c1-13(17-15(19)18(4)11-12-20-5)16(2,3)14-9-7-6-8-10-14/h6-10,13H,11-12H2,1-5H3,(H,17,19)/t13-/m1/s1. The Morgan fingerprint density at radius 1 is 1.35 bits per heavy atom. The molecule has 20 heavy (non-hydrogen) atoms. The molecule has 0 aromatic heterocycles. The van der Waals surface area contributed by atoms with Crippen LogP contribution in [-0.2, 0) is 10.2 Å². The van der Waals surface area contributed by atoms with Crippen LogP contribution >= 0.6 is 0 Å². The number of urea groups is 1. The van der Waals surface area contributed by atoms with E-state index < -0.39 is 0 Å². The molecule has 0 unspecified atom stereocenters. The molecule has 1 N–H and O–H groups in total. The third-order valence-electron chi connectivity index (χ3n) is 3.92. The predicted molar refractivity (Wildman–Crippen MR) is 82.0 cm³/mol. The zero-order valence-corrected chi connectivity index (χ0v) is 13.1. The predicted octanol–water partition coefficient (Wildman–Crippen LogP) is 2.64. The number of carbonyl (C=O) groups excluding carboxylic acids is 1. The Morgan fingerprint density at radius 2 is 1.95 bits per heavy atom. The molecule has 1 aromatic carbocycles. The summed E-state index contributed by atoms with van der Waals surface area (Å²) in [5.41, 5.74) is 1.09. The van der Waals surface area contributed by atoms with Gasteiger partial charge in [-0.2, -0.15) is 0 Å². The normalized spacial score (nSPS) is 12.8. The van der Waals surface area contributed by atoms with Gasteiger partial charge < -0.3 is 15.0 Å². The van der Waals surface area contributed by atoms with Crippen molar-refractivity contribution in [2.45, 2.75) is 32.2 Å². The molecule has 0 aliphatic rings. The van der Waals surface area contributed by atoms with Gasteiger partial charge in [0, 0.05) is 32.2 Å². The topological polar surface area (TPSA) is 41.6 Å². The van der Waals surface area contributed by atoms with Crippen LogP contribution in [0.1, 0.15) is 26.3 Å². The van der Waals surface area contributed by atoms with Crippen molar-refractivity contribution in [1.29, 1.82) is 0 Å². The minimum absolute atomic E-state index is 0.0300. The highest BCUT2D eigenvalue weighted by atomic mass is 16.5. The molecule has 1 atom stereocenters. The second-order valence-corrected chi connectivity index (χ2v) is 5.67. The van der Waals surface area contributed by atoms with Crippen molar-refractivity contribution in [3.05, 3.63) is 35.9 Å². The maximum Gasteiger partial charge on any atom is 0.317 e. The summed E-state index contributed by atoms with van der Waals surface area (Å²) in [6.07, 6.45) is 0. The first kappa shape index (κ1) is 16.5. The van der Waals surface area contributed by atoms with Gasteiger partial charge in [0.15, 0.2) is 0 Å². The third-order valence-corrected chi connectivity index (χ3v) is 3.92. The number of benzene rings is 1.